The number of aliphatic hydroxyl groups excluding tert-OH is 1. The van der Waals surface area contributed by atoms with Crippen LogP contribution in [0.3, 0.4) is 0 Å². The van der Waals surface area contributed by atoms with E-state index >= 15 is 0 Å². The van der Waals surface area contributed by atoms with Crippen LogP contribution in [0.1, 0.15) is 17.0 Å². The molecule has 0 fully saturated rings. The summed E-state index contributed by atoms with van der Waals surface area (Å²) in [4.78, 5) is 0. The maximum absolute atomic E-state index is 12.3. The van der Waals surface area contributed by atoms with E-state index in [0.29, 0.717) is 0 Å². The fraction of sp³-hybridized carbons (Fsp3) is 0.400. The number of alkyl halides is 3. The van der Waals surface area contributed by atoms with Crippen molar-refractivity contribution in [3.05, 3.63) is 35.4 Å². The zero-order valence-electron chi connectivity index (χ0n) is 7.67. The van der Waals surface area contributed by atoms with Crippen LogP contribution in [0.4, 0.5) is 13.2 Å². The summed E-state index contributed by atoms with van der Waals surface area (Å²) in [6.45, 7) is 0.887. The Hall–Kier alpha value is -1.03. The molecule has 0 aliphatic rings. The lowest BCUT2D eigenvalue weighted by molar-refractivity contribution is -0.158. The number of benzene rings is 1. The minimum absolute atomic E-state index is 0.102. The van der Waals surface area contributed by atoms with Crippen LogP contribution in [0.5, 0.6) is 0 Å². The molecule has 1 nitrogen and oxygen atoms in total. The van der Waals surface area contributed by atoms with Crippen LogP contribution >= 0.6 is 0 Å². The Kier molecular flexibility index (Phi) is 3.16. The first-order valence-corrected chi connectivity index (χ1v) is 4.19. The molecule has 14 heavy (non-hydrogen) atoms. The van der Waals surface area contributed by atoms with E-state index in [1.807, 2.05) is 0 Å². The first kappa shape index (κ1) is 11.0. The quantitative estimate of drug-likeness (QED) is 0.785. The molecule has 0 spiro atoms. The third-order valence-electron chi connectivity index (χ3n) is 2.06. The van der Waals surface area contributed by atoms with Gasteiger partial charge in [0, 0.05) is 0 Å². The maximum Gasteiger partial charge on any atom is 0.397 e. The number of hydrogen-bond acceptors (Lipinski definition) is 1. The molecule has 0 saturated heterocycles. The van der Waals surface area contributed by atoms with E-state index < -0.39 is 18.7 Å². The molecule has 1 aromatic carbocycles. The third kappa shape index (κ3) is 2.48. The van der Waals surface area contributed by atoms with Gasteiger partial charge in [-0.25, -0.2) is 0 Å². The lowest BCUT2D eigenvalue weighted by atomic mass is 9.98. The SMILES string of the molecule is Cc1ccc(C(CO)C(F)(F)F)cc1. The molecule has 1 atom stereocenters. The van der Waals surface area contributed by atoms with Gasteiger partial charge in [0.1, 0.15) is 5.92 Å². The second-order valence-corrected chi connectivity index (χ2v) is 3.19. The zero-order valence-corrected chi connectivity index (χ0v) is 7.67. The van der Waals surface area contributed by atoms with E-state index in [0.717, 1.165) is 5.56 Å². The summed E-state index contributed by atoms with van der Waals surface area (Å²) < 4.78 is 37.0. The van der Waals surface area contributed by atoms with Gasteiger partial charge < -0.3 is 5.11 Å². The second kappa shape index (κ2) is 4.00. The van der Waals surface area contributed by atoms with Gasteiger partial charge in [0.15, 0.2) is 0 Å². The molecule has 1 N–H and O–H groups in total. The van der Waals surface area contributed by atoms with Gasteiger partial charge in [0.2, 0.25) is 0 Å². The summed E-state index contributed by atoms with van der Waals surface area (Å²) >= 11 is 0. The van der Waals surface area contributed by atoms with E-state index in [9.17, 15) is 13.2 Å². The fourth-order valence-corrected chi connectivity index (χ4v) is 1.20. The van der Waals surface area contributed by atoms with E-state index in [1.54, 1.807) is 19.1 Å². The molecule has 0 heterocycles. The molecule has 0 aliphatic heterocycles. The van der Waals surface area contributed by atoms with Crippen LogP contribution in [-0.2, 0) is 0 Å². The van der Waals surface area contributed by atoms with Crippen LogP contribution in [0.2, 0.25) is 0 Å². The van der Waals surface area contributed by atoms with Gasteiger partial charge in [-0.2, -0.15) is 13.2 Å². The van der Waals surface area contributed by atoms with Crippen molar-refractivity contribution in [2.45, 2.75) is 19.0 Å². The van der Waals surface area contributed by atoms with Crippen LogP contribution in [-0.4, -0.2) is 17.9 Å². The van der Waals surface area contributed by atoms with Gasteiger partial charge in [-0.15, -0.1) is 0 Å². The van der Waals surface area contributed by atoms with Gasteiger partial charge in [-0.3, -0.25) is 0 Å². The maximum atomic E-state index is 12.3. The van der Waals surface area contributed by atoms with E-state index in [2.05, 4.69) is 0 Å². The highest BCUT2D eigenvalue weighted by atomic mass is 19.4. The summed E-state index contributed by atoms with van der Waals surface area (Å²) in [6.07, 6.45) is -4.38. The third-order valence-corrected chi connectivity index (χ3v) is 2.06. The van der Waals surface area contributed by atoms with Gasteiger partial charge in [-0.1, -0.05) is 29.8 Å². The van der Waals surface area contributed by atoms with E-state index in [4.69, 9.17) is 5.11 Å². The predicted octanol–water partition coefficient (Wildman–Crippen LogP) is 2.63. The number of halogens is 3. The van der Waals surface area contributed by atoms with Gasteiger partial charge in [0.25, 0.3) is 0 Å². The van der Waals surface area contributed by atoms with Crippen molar-refractivity contribution in [1.82, 2.24) is 0 Å². The zero-order chi connectivity index (χ0) is 10.8. The molecule has 1 aromatic rings. The highest BCUT2D eigenvalue weighted by Gasteiger charge is 2.39. The smallest absolute Gasteiger partial charge is 0.395 e. The summed E-state index contributed by atoms with van der Waals surface area (Å²) in [5.74, 6) is -1.77. The summed E-state index contributed by atoms with van der Waals surface area (Å²) in [5, 5.41) is 8.66. The molecule has 0 amide bonds. The highest BCUT2D eigenvalue weighted by Crippen LogP contribution is 2.34. The Morgan fingerprint density at radius 3 is 2.07 bits per heavy atom. The minimum Gasteiger partial charge on any atom is -0.395 e. The van der Waals surface area contributed by atoms with E-state index in [1.165, 1.54) is 12.1 Å². The lowest BCUT2D eigenvalue weighted by Crippen LogP contribution is -2.23. The normalized spacial score (nSPS) is 14.1. The molecule has 1 rings (SSSR count). The molecular formula is C10H11F3O. The molecule has 1 unspecified atom stereocenters. The number of aryl methyl sites for hydroxylation is 1. The lowest BCUT2D eigenvalue weighted by Gasteiger charge is -2.18. The summed E-state index contributed by atoms with van der Waals surface area (Å²) in [6, 6.07) is 5.99. The van der Waals surface area contributed by atoms with Crippen LogP contribution in [0, 0.1) is 6.92 Å². The predicted molar refractivity (Wildman–Crippen MR) is 47.1 cm³/mol. The van der Waals surface area contributed by atoms with Gasteiger partial charge in [0.05, 0.1) is 6.61 Å². The van der Waals surface area contributed by atoms with Crippen LogP contribution in [0.25, 0.3) is 0 Å². The van der Waals surface area contributed by atoms with Gasteiger partial charge >= 0.3 is 6.18 Å². The molecule has 0 radical (unpaired) electrons. The first-order valence-electron chi connectivity index (χ1n) is 4.19. The van der Waals surface area contributed by atoms with Crippen LogP contribution < -0.4 is 0 Å². The second-order valence-electron chi connectivity index (χ2n) is 3.19. The van der Waals surface area contributed by atoms with Crippen molar-refractivity contribution in [3.63, 3.8) is 0 Å². The molecule has 0 bridgehead atoms. The largest absolute Gasteiger partial charge is 0.397 e. The molecule has 0 aromatic heterocycles. The standard InChI is InChI=1S/C10H11F3O/c1-7-2-4-8(5-3-7)9(6-14)10(11,12)13/h2-5,9,14H,6H2,1H3. The highest BCUT2D eigenvalue weighted by molar-refractivity contribution is 5.25. The molecular weight excluding hydrogens is 193 g/mol. The number of aliphatic hydroxyl groups is 1. The fourth-order valence-electron chi connectivity index (χ4n) is 1.20. The van der Waals surface area contributed by atoms with Crippen molar-refractivity contribution in [1.29, 1.82) is 0 Å². The molecule has 78 valence electrons. The summed E-state index contributed by atoms with van der Waals surface area (Å²) in [5.41, 5.74) is 0.998. The Bertz CT molecular complexity index is 289. The molecule has 0 aliphatic carbocycles. The van der Waals surface area contributed by atoms with Crippen molar-refractivity contribution in [2.24, 2.45) is 0 Å². The first-order chi connectivity index (χ1) is 6.45. The average molecular weight is 204 g/mol. The minimum atomic E-state index is -4.38. The Morgan fingerprint density at radius 1 is 1.21 bits per heavy atom. The van der Waals surface area contributed by atoms with Crippen molar-refractivity contribution in [2.75, 3.05) is 6.61 Å². The average Bonchev–Trinajstić information content (AvgIpc) is 2.07. The van der Waals surface area contributed by atoms with Crippen molar-refractivity contribution < 1.29 is 18.3 Å². The Labute approximate surface area is 80.2 Å². The molecule has 0 saturated carbocycles. The monoisotopic (exact) mass is 204 g/mol. The number of hydrogen-bond donors (Lipinski definition) is 1. The van der Waals surface area contributed by atoms with E-state index in [-0.39, 0.29) is 5.56 Å². The summed E-state index contributed by atoms with van der Waals surface area (Å²) in [7, 11) is 0. The van der Waals surface area contributed by atoms with Crippen LogP contribution in [0.15, 0.2) is 24.3 Å². The Balaban J connectivity index is 2.96. The van der Waals surface area contributed by atoms with Crippen molar-refractivity contribution in [3.8, 4) is 0 Å². The van der Waals surface area contributed by atoms with Crippen molar-refractivity contribution >= 4 is 0 Å². The Morgan fingerprint density at radius 2 is 1.71 bits per heavy atom. The van der Waals surface area contributed by atoms with Gasteiger partial charge in [-0.05, 0) is 12.5 Å². The topological polar surface area (TPSA) is 20.2 Å². The number of rotatable bonds is 2. The molecule has 4 heteroatoms.